The normalized spacial score (nSPS) is 28.4. The fourth-order valence-electron chi connectivity index (χ4n) is 5.02. The summed E-state index contributed by atoms with van der Waals surface area (Å²) in [7, 11) is 0. The number of hydrogen-bond donors (Lipinski definition) is 2. The monoisotopic (exact) mass is 401 g/mol. The second kappa shape index (κ2) is 8.12. The number of aliphatic hydroxyl groups excluding tert-OH is 1. The number of hydrogen-bond acceptors (Lipinski definition) is 5. The Bertz CT molecular complexity index is 778. The number of carbonyl (C=O) groups excluding carboxylic acids is 2. The van der Waals surface area contributed by atoms with Crippen LogP contribution in [0, 0.1) is 5.92 Å². The first-order valence-electron chi connectivity index (χ1n) is 10.2. The molecule has 3 atom stereocenters. The Kier molecular flexibility index (Phi) is 5.56. The SMILES string of the molecule is O=C(O)CN1CC(=O)N2[C@H](C[C@@H](C(=O)N3CCC(O)CC3)[C@H]2c2ccccc2)C1. The van der Waals surface area contributed by atoms with Gasteiger partial charge in [-0.2, -0.15) is 0 Å². The van der Waals surface area contributed by atoms with Crippen LogP contribution in [0.5, 0.6) is 0 Å². The molecule has 4 rings (SSSR count). The molecule has 0 spiro atoms. The van der Waals surface area contributed by atoms with Crippen LogP contribution in [0.15, 0.2) is 30.3 Å². The van der Waals surface area contributed by atoms with Crippen molar-refractivity contribution in [3.63, 3.8) is 0 Å². The first kappa shape index (κ1) is 19.8. The van der Waals surface area contributed by atoms with Gasteiger partial charge in [-0.05, 0) is 24.8 Å². The van der Waals surface area contributed by atoms with E-state index in [9.17, 15) is 19.5 Å². The third kappa shape index (κ3) is 4.00. The fourth-order valence-corrected chi connectivity index (χ4v) is 5.02. The maximum Gasteiger partial charge on any atom is 0.317 e. The van der Waals surface area contributed by atoms with Crippen LogP contribution in [0.4, 0.5) is 0 Å². The van der Waals surface area contributed by atoms with Crippen LogP contribution in [-0.2, 0) is 14.4 Å². The molecule has 0 aromatic heterocycles. The summed E-state index contributed by atoms with van der Waals surface area (Å²) < 4.78 is 0. The molecule has 0 radical (unpaired) electrons. The number of piperidine rings is 1. The van der Waals surface area contributed by atoms with Crippen molar-refractivity contribution in [3.8, 4) is 0 Å². The van der Waals surface area contributed by atoms with Crippen LogP contribution >= 0.6 is 0 Å². The van der Waals surface area contributed by atoms with E-state index in [1.165, 1.54) is 0 Å². The number of benzene rings is 1. The lowest BCUT2D eigenvalue weighted by atomic mass is 9.91. The molecule has 0 aliphatic carbocycles. The van der Waals surface area contributed by atoms with E-state index in [0.717, 1.165) is 5.56 Å². The predicted molar refractivity (Wildman–Crippen MR) is 104 cm³/mol. The molecule has 8 heteroatoms. The topological polar surface area (TPSA) is 101 Å². The zero-order valence-electron chi connectivity index (χ0n) is 16.3. The van der Waals surface area contributed by atoms with Crippen LogP contribution in [0.3, 0.4) is 0 Å². The number of carbonyl (C=O) groups is 3. The summed E-state index contributed by atoms with van der Waals surface area (Å²) in [5.74, 6) is -1.41. The van der Waals surface area contributed by atoms with Crippen molar-refractivity contribution in [2.75, 3.05) is 32.7 Å². The van der Waals surface area contributed by atoms with Gasteiger partial charge in [-0.15, -0.1) is 0 Å². The number of carboxylic acid groups (broad SMARTS) is 1. The van der Waals surface area contributed by atoms with Crippen molar-refractivity contribution in [1.82, 2.24) is 14.7 Å². The molecule has 3 fully saturated rings. The zero-order chi connectivity index (χ0) is 20.5. The highest BCUT2D eigenvalue weighted by molar-refractivity contribution is 5.85. The summed E-state index contributed by atoms with van der Waals surface area (Å²) in [6.45, 7) is 1.41. The lowest BCUT2D eigenvalue weighted by Gasteiger charge is -2.40. The molecule has 0 unspecified atom stereocenters. The van der Waals surface area contributed by atoms with E-state index in [0.29, 0.717) is 38.9 Å². The second-order valence-electron chi connectivity index (χ2n) is 8.27. The summed E-state index contributed by atoms with van der Waals surface area (Å²) >= 11 is 0. The van der Waals surface area contributed by atoms with E-state index in [4.69, 9.17) is 5.11 Å². The Morgan fingerprint density at radius 3 is 2.45 bits per heavy atom. The molecule has 3 saturated heterocycles. The predicted octanol–water partition coefficient (Wildman–Crippen LogP) is 0.328. The number of likely N-dealkylation sites (tertiary alicyclic amines) is 1. The molecule has 1 aromatic carbocycles. The number of rotatable bonds is 4. The lowest BCUT2D eigenvalue weighted by Crippen LogP contribution is -2.55. The summed E-state index contributed by atoms with van der Waals surface area (Å²) in [6.07, 6.45) is 1.32. The van der Waals surface area contributed by atoms with Gasteiger partial charge < -0.3 is 20.0 Å². The average Bonchev–Trinajstić information content (AvgIpc) is 3.08. The Morgan fingerprint density at radius 1 is 1.10 bits per heavy atom. The van der Waals surface area contributed by atoms with Gasteiger partial charge in [-0.1, -0.05) is 30.3 Å². The molecule has 3 aliphatic rings. The van der Waals surface area contributed by atoms with Gasteiger partial charge in [0.25, 0.3) is 0 Å². The number of aliphatic hydroxyl groups is 1. The van der Waals surface area contributed by atoms with Crippen LogP contribution in [0.1, 0.15) is 30.9 Å². The highest BCUT2D eigenvalue weighted by atomic mass is 16.4. The van der Waals surface area contributed by atoms with Gasteiger partial charge in [-0.3, -0.25) is 19.3 Å². The number of amides is 2. The standard InChI is InChI=1S/C21H27N3O5/c25-16-6-8-23(9-7-16)21(29)17-10-15-11-22(13-19(27)28)12-18(26)24(15)20(17)14-4-2-1-3-5-14/h1-5,15-17,20,25H,6-13H2,(H,27,28)/t15-,17-,20-/m1/s1. The van der Waals surface area contributed by atoms with Gasteiger partial charge in [-0.25, -0.2) is 0 Å². The van der Waals surface area contributed by atoms with Crippen LogP contribution in [0.25, 0.3) is 0 Å². The van der Waals surface area contributed by atoms with Crippen molar-refractivity contribution in [2.45, 2.75) is 37.5 Å². The van der Waals surface area contributed by atoms with E-state index in [1.54, 1.807) is 4.90 Å². The minimum Gasteiger partial charge on any atom is -0.480 e. The Labute approximate surface area is 169 Å². The van der Waals surface area contributed by atoms with Crippen molar-refractivity contribution in [2.24, 2.45) is 5.92 Å². The largest absolute Gasteiger partial charge is 0.480 e. The molecule has 2 N–H and O–H groups in total. The summed E-state index contributed by atoms with van der Waals surface area (Å²) in [5, 5.41) is 18.9. The van der Waals surface area contributed by atoms with Crippen LogP contribution in [0.2, 0.25) is 0 Å². The molecule has 1 aromatic rings. The second-order valence-corrected chi connectivity index (χ2v) is 8.27. The number of carboxylic acids is 1. The van der Waals surface area contributed by atoms with Gasteiger partial charge in [0.1, 0.15) is 0 Å². The van der Waals surface area contributed by atoms with E-state index < -0.39 is 5.97 Å². The quantitative estimate of drug-likeness (QED) is 0.754. The summed E-state index contributed by atoms with van der Waals surface area (Å²) in [5.41, 5.74) is 0.936. The molecule has 156 valence electrons. The van der Waals surface area contributed by atoms with Crippen molar-refractivity contribution in [1.29, 1.82) is 0 Å². The molecule has 8 nitrogen and oxygen atoms in total. The van der Waals surface area contributed by atoms with Crippen molar-refractivity contribution in [3.05, 3.63) is 35.9 Å². The molecule has 29 heavy (non-hydrogen) atoms. The third-order valence-electron chi connectivity index (χ3n) is 6.31. The first-order chi connectivity index (χ1) is 13.9. The number of fused-ring (bicyclic) bond motifs is 1. The Hall–Kier alpha value is -2.45. The average molecular weight is 401 g/mol. The summed E-state index contributed by atoms with van der Waals surface area (Å²) in [4.78, 5) is 42.8. The fraction of sp³-hybridized carbons (Fsp3) is 0.571. The maximum absolute atomic E-state index is 13.4. The van der Waals surface area contributed by atoms with Gasteiger partial charge in [0.2, 0.25) is 11.8 Å². The molecule has 3 aliphatic heterocycles. The van der Waals surface area contributed by atoms with Crippen molar-refractivity contribution < 1.29 is 24.6 Å². The lowest BCUT2D eigenvalue weighted by molar-refractivity contribution is -0.145. The maximum atomic E-state index is 13.4. The van der Waals surface area contributed by atoms with Gasteiger partial charge in [0, 0.05) is 25.7 Å². The highest BCUT2D eigenvalue weighted by Gasteiger charge is 2.51. The smallest absolute Gasteiger partial charge is 0.317 e. The van der Waals surface area contributed by atoms with E-state index >= 15 is 0 Å². The zero-order valence-corrected chi connectivity index (χ0v) is 16.3. The molecular weight excluding hydrogens is 374 g/mol. The third-order valence-corrected chi connectivity index (χ3v) is 6.31. The molecule has 2 amide bonds. The minimum absolute atomic E-state index is 0.0257. The van der Waals surface area contributed by atoms with Gasteiger partial charge >= 0.3 is 5.97 Å². The van der Waals surface area contributed by atoms with Crippen LogP contribution in [-0.4, -0.2) is 87.6 Å². The Balaban J connectivity index is 1.61. The summed E-state index contributed by atoms with van der Waals surface area (Å²) in [6, 6.07) is 9.11. The highest BCUT2D eigenvalue weighted by Crippen LogP contribution is 2.44. The first-order valence-corrected chi connectivity index (χ1v) is 10.2. The van der Waals surface area contributed by atoms with E-state index in [2.05, 4.69) is 0 Å². The Morgan fingerprint density at radius 2 is 1.79 bits per heavy atom. The minimum atomic E-state index is -0.955. The molecule has 0 saturated carbocycles. The molecule has 0 bridgehead atoms. The molecular formula is C21H27N3O5. The molecule has 3 heterocycles. The van der Waals surface area contributed by atoms with E-state index in [-0.39, 0.29) is 49.0 Å². The van der Waals surface area contributed by atoms with Gasteiger partial charge in [0.05, 0.1) is 31.2 Å². The number of nitrogens with zero attached hydrogens (tertiary/aromatic N) is 3. The number of piperazine rings is 1. The number of aliphatic carboxylic acids is 1. The van der Waals surface area contributed by atoms with Crippen molar-refractivity contribution >= 4 is 17.8 Å². The van der Waals surface area contributed by atoms with Crippen LogP contribution < -0.4 is 0 Å². The van der Waals surface area contributed by atoms with Gasteiger partial charge in [0.15, 0.2) is 0 Å². The van der Waals surface area contributed by atoms with E-state index in [1.807, 2.05) is 40.1 Å².